The normalized spacial score (nSPS) is 20.9. The highest BCUT2D eigenvalue weighted by atomic mass is 16.5. The molecule has 2 unspecified atom stereocenters. The molecule has 170 valence electrons. The molecule has 3 aromatic rings. The largest absolute Gasteiger partial charge is 0.357 e. The van der Waals surface area contributed by atoms with Crippen molar-refractivity contribution in [1.29, 1.82) is 0 Å². The van der Waals surface area contributed by atoms with Crippen molar-refractivity contribution in [1.82, 2.24) is 29.8 Å². The molecular weight excluding hydrogens is 392 g/mol. The van der Waals surface area contributed by atoms with Crippen LogP contribution in [-0.2, 0) is 9.47 Å². The molecule has 8 nitrogen and oxygen atoms in total. The van der Waals surface area contributed by atoms with E-state index in [1.807, 2.05) is 48.5 Å². The molecule has 0 bridgehead atoms. The molecule has 0 aromatic carbocycles. The lowest BCUT2D eigenvalue weighted by molar-refractivity contribution is -0.0407. The number of aromatic nitrogens is 6. The molecule has 2 aliphatic heterocycles. The van der Waals surface area contributed by atoms with E-state index >= 15 is 0 Å². The van der Waals surface area contributed by atoms with Crippen LogP contribution in [0.4, 0.5) is 0 Å². The summed E-state index contributed by atoms with van der Waals surface area (Å²) in [4.78, 5) is 0. The molecule has 0 radical (unpaired) electrons. The van der Waals surface area contributed by atoms with Crippen molar-refractivity contribution < 1.29 is 9.47 Å². The van der Waals surface area contributed by atoms with Crippen LogP contribution < -0.4 is 0 Å². The summed E-state index contributed by atoms with van der Waals surface area (Å²) in [5, 5.41) is 15.2. The Kier molecular flexibility index (Phi) is 8.85. The molecule has 5 heterocycles. The molecule has 1 N–H and O–H groups in total. The Morgan fingerprint density at radius 1 is 0.871 bits per heavy atom. The third kappa shape index (κ3) is 7.33. The van der Waals surface area contributed by atoms with Gasteiger partial charge in [-0.25, -0.2) is 9.36 Å². The lowest BCUT2D eigenvalue weighted by Crippen LogP contribution is -2.20. The second-order valence-corrected chi connectivity index (χ2v) is 8.19. The van der Waals surface area contributed by atoms with Crippen molar-refractivity contribution in [2.75, 3.05) is 13.2 Å². The maximum Gasteiger partial charge on any atom is 0.150 e. The standard InChI is InChI=1S/C10H16N2O.C9H14N2O.C4H6N2/c1-8-7-9(2)12(11-8)10-5-3-4-6-13-10;1-8-5-6-11(10-8)9-4-2-3-7-12-9;1-4-2-3-5-6-4/h7,10H,3-6H2,1-2H3;5-6,9H,2-4,7H2,1H3;2-3H,1H3,(H,5,6). The van der Waals surface area contributed by atoms with Crippen molar-refractivity contribution in [3.05, 3.63) is 53.4 Å². The number of hydrogen-bond acceptors (Lipinski definition) is 5. The minimum atomic E-state index is 0.183. The summed E-state index contributed by atoms with van der Waals surface area (Å²) < 4.78 is 15.2. The van der Waals surface area contributed by atoms with E-state index in [1.165, 1.54) is 31.4 Å². The third-order valence-electron chi connectivity index (χ3n) is 5.31. The van der Waals surface area contributed by atoms with Gasteiger partial charge in [0.2, 0.25) is 0 Å². The quantitative estimate of drug-likeness (QED) is 0.633. The number of aromatic amines is 1. The first-order chi connectivity index (χ1) is 15.0. The Bertz CT molecular complexity index is 874. The van der Waals surface area contributed by atoms with Gasteiger partial charge in [0.15, 0.2) is 0 Å². The number of hydrogen-bond donors (Lipinski definition) is 1. The Hall–Kier alpha value is -2.45. The molecule has 0 aliphatic carbocycles. The first kappa shape index (κ1) is 23.2. The zero-order valence-corrected chi connectivity index (χ0v) is 19.3. The van der Waals surface area contributed by atoms with Gasteiger partial charge in [0, 0.05) is 37.0 Å². The van der Waals surface area contributed by atoms with Crippen molar-refractivity contribution in [3.63, 3.8) is 0 Å². The Balaban J connectivity index is 0.000000140. The van der Waals surface area contributed by atoms with E-state index in [9.17, 15) is 0 Å². The lowest BCUT2D eigenvalue weighted by Gasteiger charge is -2.23. The van der Waals surface area contributed by atoms with Crippen molar-refractivity contribution in [3.8, 4) is 0 Å². The minimum absolute atomic E-state index is 0.183. The fraction of sp³-hybridized carbons (Fsp3) is 0.609. The van der Waals surface area contributed by atoms with Crippen LogP contribution in [0.25, 0.3) is 0 Å². The van der Waals surface area contributed by atoms with Crippen LogP contribution in [0.15, 0.2) is 30.6 Å². The van der Waals surface area contributed by atoms with Crippen LogP contribution in [0.2, 0.25) is 0 Å². The average Bonchev–Trinajstić information content (AvgIpc) is 3.52. The van der Waals surface area contributed by atoms with Crippen molar-refractivity contribution in [2.24, 2.45) is 0 Å². The predicted octanol–water partition coefficient (Wildman–Crippen LogP) is 4.81. The van der Waals surface area contributed by atoms with Crippen LogP contribution in [0.1, 0.15) is 73.8 Å². The predicted molar refractivity (Wildman–Crippen MR) is 120 cm³/mol. The fourth-order valence-corrected chi connectivity index (χ4v) is 3.71. The van der Waals surface area contributed by atoms with E-state index in [0.717, 1.165) is 43.1 Å². The summed E-state index contributed by atoms with van der Waals surface area (Å²) in [7, 11) is 0. The van der Waals surface area contributed by atoms with Gasteiger partial charge in [-0.15, -0.1) is 0 Å². The molecule has 0 saturated carbocycles. The van der Waals surface area contributed by atoms with Crippen LogP contribution in [0.3, 0.4) is 0 Å². The maximum atomic E-state index is 5.66. The number of ether oxygens (including phenoxy) is 2. The monoisotopic (exact) mass is 428 g/mol. The van der Waals surface area contributed by atoms with Gasteiger partial charge in [0.1, 0.15) is 12.5 Å². The first-order valence-corrected chi connectivity index (χ1v) is 11.3. The molecule has 8 heteroatoms. The van der Waals surface area contributed by atoms with Crippen LogP contribution >= 0.6 is 0 Å². The Morgan fingerprint density at radius 2 is 1.58 bits per heavy atom. The molecule has 0 amide bonds. The van der Waals surface area contributed by atoms with E-state index in [2.05, 4.69) is 33.4 Å². The highest BCUT2D eigenvalue weighted by molar-refractivity contribution is 5.07. The first-order valence-electron chi connectivity index (χ1n) is 11.3. The summed E-state index contributed by atoms with van der Waals surface area (Å²) in [6.07, 6.45) is 11.2. The lowest BCUT2D eigenvalue weighted by atomic mass is 10.2. The van der Waals surface area contributed by atoms with E-state index in [-0.39, 0.29) is 12.5 Å². The summed E-state index contributed by atoms with van der Waals surface area (Å²) in [5.41, 5.74) is 4.44. The van der Waals surface area contributed by atoms with Gasteiger partial charge < -0.3 is 9.47 Å². The van der Waals surface area contributed by atoms with Gasteiger partial charge in [-0.1, -0.05) is 0 Å². The molecule has 0 spiro atoms. The molecule has 31 heavy (non-hydrogen) atoms. The molecule has 5 rings (SSSR count). The molecule has 2 saturated heterocycles. The average molecular weight is 429 g/mol. The summed E-state index contributed by atoms with van der Waals surface area (Å²) in [5.74, 6) is 0. The molecule has 2 fully saturated rings. The summed E-state index contributed by atoms with van der Waals surface area (Å²) >= 11 is 0. The van der Waals surface area contributed by atoms with E-state index in [0.29, 0.717) is 0 Å². The third-order valence-corrected chi connectivity index (χ3v) is 5.31. The number of rotatable bonds is 2. The highest BCUT2D eigenvalue weighted by Crippen LogP contribution is 2.23. The highest BCUT2D eigenvalue weighted by Gasteiger charge is 2.18. The van der Waals surface area contributed by atoms with Gasteiger partial charge in [0.05, 0.1) is 11.4 Å². The van der Waals surface area contributed by atoms with Gasteiger partial charge in [0.25, 0.3) is 0 Å². The summed E-state index contributed by atoms with van der Waals surface area (Å²) in [6, 6.07) is 6.02. The number of nitrogens with zero attached hydrogens (tertiary/aromatic N) is 5. The topological polar surface area (TPSA) is 82.8 Å². The Morgan fingerprint density at radius 3 is 2.00 bits per heavy atom. The van der Waals surface area contributed by atoms with Crippen LogP contribution in [0.5, 0.6) is 0 Å². The molecule has 3 aromatic heterocycles. The van der Waals surface area contributed by atoms with Gasteiger partial charge in [-0.3, -0.25) is 5.10 Å². The minimum Gasteiger partial charge on any atom is -0.357 e. The smallest absolute Gasteiger partial charge is 0.150 e. The summed E-state index contributed by atoms with van der Waals surface area (Å²) in [6.45, 7) is 9.82. The Labute approximate surface area is 184 Å². The zero-order valence-electron chi connectivity index (χ0n) is 19.3. The van der Waals surface area contributed by atoms with Gasteiger partial charge >= 0.3 is 0 Å². The van der Waals surface area contributed by atoms with Gasteiger partial charge in [-0.05, 0) is 84.4 Å². The van der Waals surface area contributed by atoms with Gasteiger partial charge in [-0.2, -0.15) is 15.3 Å². The van der Waals surface area contributed by atoms with E-state index < -0.39 is 0 Å². The second kappa shape index (κ2) is 11.8. The maximum absolute atomic E-state index is 5.66. The van der Waals surface area contributed by atoms with Crippen molar-refractivity contribution in [2.45, 2.75) is 78.7 Å². The van der Waals surface area contributed by atoms with Crippen LogP contribution in [-0.4, -0.2) is 43.0 Å². The van der Waals surface area contributed by atoms with E-state index in [1.54, 1.807) is 6.20 Å². The second-order valence-electron chi connectivity index (χ2n) is 8.19. The molecule has 2 atom stereocenters. The molecule has 2 aliphatic rings. The number of nitrogens with one attached hydrogen (secondary N) is 1. The molecular formula is C23H36N6O2. The number of aryl methyl sites for hydroxylation is 4. The fourth-order valence-electron chi connectivity index (χ4n) is 3.71. The van der Waals surface area contributed by atoms with E-state index in [4.69, 9.17) is 9.47 Å². The van der Waals surface area contributed by atoms with Crippen molar-refractivity contribution >= 4 is 0 Å². The SMILES string of the molecule is Cc1cc(C)n(C2CCCCO2)n1.Cc1ccn(C2CCCCO2)n1.Cc1ccn[nH]1. The zero-order chi connectivity index (χ0) is 22.1. The number of H-pyrrole nitrogens is 1. The van der Waals surface area contributed by atoms with Crippen LogP contribution in [0, 0.1) is 27.7 Å².